The van der Waals surface area contributed by atoms with Crippen LogP contribution >= 0.6 is 0 Å². The number of rotatable bonds is 0. The molecule has 3 aliphatic rings. The van der Waals surface area contributed by atoms with Gasteiger partial charge in [-0.05, 0) is 38.0 Å². The molecular formula is C13H22O. The first-order valence-corrected chi connectivity index (χ1v) is 6.49. The zero-order chi connectivity index (χ0) is 9.65. The molecule has 3 rings (SSSR count). The van der Waals surface area contributed by atoms with E-state index in [-0.39, 0.29) is 5.60 Å². The normalized spacial score (nSPS) is 52.5. The first-order valence-electron chi connectivity index (χ1n) is 6.49. The summed E-state index contributed by atoms with van der Waals surface area (Å²) in [4.78, 5) is 0. The summed E-state index contributed by atoms with van der Waals surface area (Å²) in [5.41, 5.74) is 0.157. The van der Waals surface area contributed by atoms with Gasteiger partial charge < -0.3 is 5.11 Å². The lowest BCUT2D eigenvalue weighted by Gasteiger charge is -2.35. The van der Waals surface area contributed by atoms with Gasteiger partial charge in [0, 0.05) is 5.41 Å². The van der Waals surface area contributed by atoms with Gasteiger partial charge in [-0.3, -0.25) is 0 Å². The molecule has 1 spiro atoms. The van der Waals surface area contributed by atoms with Crippen molar-refractivity contribution in [2.24, 2.45) is 11.3 Å². The first kappa shape index (κ1) is 9.21. The minimum absolute atomic E-state index is 0.245. The summed E-state index contributed by atoms with van der Waals surface area (Å²) in [6, 6.07) is 0. The van der Waals surface area contributed by atoms with Crippen molar-refractivity contribution >= 4 is 0 Å². The molecule has 80 valence electrons. The quantitative estimate of drug-likeness (QED) is 0.627. The molecule has 1 heteroatoms. The summed E-state index contributed by atoms with van der Waals surface area (Å²) in [6.45, 7) is 0. The summed E-state index contributed by atoms with van der Waals surface area (Å²) >= 11 is 0. The molecule has 0 saturated heterocycles. The molecule has 3 atom stereocenters. The molecule has 0 amide bonds. The standard InChI is InChI=1S/C13H22O/c14-13-8-4-1-3-7-12(13)10-11(12)6-2-5-9-13/h11,14H,1-10H2. The lowest BCUT2D eigenvalue weighted by atomic mass is 9.76. The van der Waals surface area contributed by atoms with Crippen molar-refractivity contribution in [2.45, 2.75) is 69.8 Å². The Balaban J connectivity index is 1.91. The summed E-state index contributed by atoms with van der Waals surface area (Å²) in [5.74, 6) is 0.896. The van der Waals surface area contributed by atoms with Crippen molar-refractivity contribution in [3.05, 3.63) is 0 Å². The zero-order valence-electron chi connectivity index (χ0n) is 9.10. The van der Waals surface area contributed by atoms with E-state index in [0.29, 0.717) is 5.41 Å². The lowest BCUT2D eigenvalue weighted by molar-refractivity contribution is -0.0498. The van der Waals surface area contributed by atoms with Gasteiger partial charge in [-0.1, -0.05) is 32.1 Å². The van der Waals surface area contributed by atoms with Crippen LogP contribution in [0.15, 0.2) is 0 Å². The highest BCUT2D eigenvalue weighted by Crippen LogP contribution is 2.68. The summed E-state index contributed by atoms with van der Waals surface area (Å²) in [6.07, 6.45) is 12.9. The molecule has 3 saturated carbocycles. The van der Waals surface area contributed by atoms with E-state index in [4.69, 9.17) is 0 Å². The van der Waals surface area contributed by atoms with Crippen molar-refractivity contribution in [1.29, 1.82) is 0 Å². The Morgan fingerprint density at radius 1 is 0.857 bits per heavy atom. The minimum atomic E-state index is -0.245. The second-order valence-electron chi connectivity index (χ2n) is 5.90. The van der Waals surface area contributed by atoms with Crippen LogP contribution in [-0.4, -0.2) is 10.7 Å². The maximum atomic E-state index is 10.9. The average Bonchev–Trinajstić information content (AvgIpc) is 2.88. The predicted octanol–water partition coefficient (Wildman–Crippen LogP) is 3.26. The molecule has 1 N–H and O–H groups in total. The molecule has 0 aromatic heterocycles. The smallest absolute Gasteiger partial charge is 0.0706 e. The Morgan fingerprint density at radius 2 is 1.57 bits per heavy atom. The van der Waals surface area contributed by atoms with Gasteiger partial charge in [0.2, 0.25) is 0 Å². The maximum Gasteiger partial charge on any atom is 0.0706 e. The summed E-state index contributed by atoms with van der Waals surface area (Å²) < 4.78 is 0. The van der Waals surface area contributed by atoms with E-state index in [1.807, 2.05) is 0 Å². The van der Waals surface area contributed by atoms with Crippen LogP contribution in [0, 0.1) is 11.3 Å². The van der Waals surface area contributed by atoms with Crippen molar-refractivity contribution < 1.29 is 5.11 Å². The van der Waals surface area contributed by atoms with Gasteiger partial charge in [0.25, 0.3) is 0 Å². The largest absolute Gasteiger partial charge is 0.389 e. The van der Waals surface area contributed by atoms with Gasteiger partial charge in [0.1, 0.15) is 0 Å². The zero-order valence-corrected chi connectivity index (χ0v) is 9.10. The van der Waals surface area contributed by atoms with E-state index in [1.54, 1.807) is 0 Å². The van der Waals surface area contributed by atoms with Crippen LogP contribution in [-0.2, 0) is 0 Å². The lowest BCUT2D eigenvalue weighted by Crippen LogP contribution is -2.39. The SMILES string of the molecule is OC12CCCCCC13CC3CCCC2. The Bertz CT molecular complexity index is 224. The molecule has 3 fully saturated rings. The van der Waals surface area contributed by atoms with Crippen LogP contribution in [0.1, 0.15) is 64.2 Å². The Labute approximate surface area is 86.9 Å². The van der Waals surface area contributed by atoms with Crippen molar-refractivity contribution in [3.63, 3.8) is 0 Å². The number of hydrogen-bond acceptors (Lipinski definition) is 1. The first-order chi connectivity index (χ1) is 6.77. The molecule has 3 aliphatic carbocycles. The molecule has 0 aliphatic heterocycles. The summed E-state index contributed by atoms with van der Waals surface area (Å²) in [7, 11) is 0. The monoisotopic (exact) mass is 194 g/mol. The minimum Gasteiger partial charge on any atom is -0.389 e. The van der Waals surface area contributed by atoms with Crippen LogP contribution in [0.3, 0.4) is 0 Å². The highest BCUT2D eigenvalue weighted by atomic mass is 16.3. The molecule has 3 unspecified atom stereocenters. The van der Waals surface area contributed by atoms with E-state index in [0.717, 1.165) is 18.8 Å². The van der Waals surface area contributed by atoms with Crippen LogP contribution < -0.4 is 0 Å². The number of aliphatic hydroxyl groups is 1. The molecule has 0 heterocycles. The van der Waals surface area contributed by atoms with Gasteiger partial charge >= 0.3 is 0 Å². The van der Waals surface area contributed by atoms with Crippen molar-refractivity contribution in [3.8, 4) is 0 Å². The van der Waals surface area contributed by atoms with Crippen molar-refractivity contribution in [1.82, 2.24) is 0 Å². The molecule has 0 aromatic rings. The van der Waals surface area contributed by atoms with Gasteiger partial charge in [-0.2, -0.15) is 0 Å². The van der Waals surface area contributed by atoms with Gasteiger partial charge in [-0.15, -0.1) is 0 Å². The van der Waals surface area contributed by atoms with Crippen molar-refractivity contribution in [2.75, 3.05) is 0 Å². The predicted molar refractivity (Wildman–Crippen MR) is 57.0 cm³/mol. The molecule has 0 aromatic carbocycles. The third-order valence-electron chi connectivity index (χ3n) is 5.26. The van der Waals surface area contributed by atoms with Crippen LogP contribution in [0.2, 0.25) is 0 Å². The molecule has 14 heavy (non-hydrogen) atoms. The fraction of sp³-hybridized carbons (Fsp3) is 1.00. The van der Waals surface area contributed by atoms with E-state index >= 15 is 0 Å². The molecule has 0 bridgehead atoms. The summed E-state index contributed by atoms with van der Waals surface area (Å²) in [5, 5.41) is 10.9. The fourth-order valence-corrected chi connectivity index (χ4v) is 4.33. The van der Waals surface area contributed by atoms with Crippen LogP contribution in [0.5, 0.6) is 0 Å². The third kappa shape index (κ3) is 1.11. The maximum absolute atomic E-state index is 10.9. The second kappa shape index (κ2) is 2.98. The Hall–Kier alpha value is -0.0400. The van der Waals surface area contributed by atoms with Crippen LogP contribution in [0.4, 0.5) is 0 Å². The Morgan fingerprint density at radius 3 is 2.43 bits per heavy atom. The second-order valence-corrected chi connectivity index (χ2v) is 5.90. The molecular weight excluding hydrogens is 172 g/mol. The van der Waals surface area contributed by atoms with E-state index < -0.39 is 0 Å². The van der Waals surface area contributed by atoms with Crippen LogP contribution in [0.25, 0.3) is 0 Å². The van der Waals surface area contributed by atoms with E-state index in [9.17, 15) is 5.11 Å². The van der Waals surface area contributed by atoms with Gasteiger partial charge in [0.05, 0.1) is 5.60 Å². The molecule has 0 radical (unpaired) electrons. The highest BCUT2D eigenvalue weighted by Gasteiger charge is 2.65. The Kier molecular flexibility index (Phi) is 1.96. The fourth-order valence-electron chi connectivity index (χ4n) is 4.33. The van der Waals surface area contributed by atoms with Gasteiger partial charge in [-0.25, -0.2) is 0 Å². The molecule has 1 nitrogen and oxygen atoms in total. The highest BCUT2D eigenvalue weighted by molar-refractivity contribution is 5.15. The third-order valence-corrected chi connectivity index (χ3v) is 5.26. The topological polar surface area (TPSA) is 20.2 Å². The number of hydrogen-bond donors (Lipinski definition) is 1. The average molecular weight is 194 g/mol. The van der Waals surface area contributed by atoms with Gasteiger partial charge in [0.15, 0.2) is 0 Å². The van der Waals surface area contributed by atoms with E-state index in [1.165, 1.54) is 51.4 Å². The van der Waals surface area contributed by atoms with E-state index in [2.05, 4.69) is 0 Å².